The highest BCUT2D eigenvalue weighted by Gasteiger charge is 2.04. The number of nitrogens with two attached hydrogens (primary N) is 1. The van der Waals surface area contributed by atoms with Crippen LogP contribution in [0.5, 0.6) is 5.75 Å². The van der Waals surface area contributed by atoms with Crippen molar-refractivity contribution in [3.63, 3.8) is 0 Å². The van der Waals surface area contributed by atoms with Crippen molar-refractivity contribution in [2.24, 2.45) is 5.73 Å². The Hall–Kier alpha value is -0.710. The molecule has 0 saturated carbocycles. The summed E-state index contributed by atoms with van der Waals surface area (Å²) < 4.78 is 5.24. The maximum Gasteiger partial charge on any atom is 0.122 e. The summed E-state index contributed by atoms with van der Waals surface area (Å²) in [5, 5.41) is 8.77. The molecule has 0 fully saturated rings. The minimum Gasteiger partial charge on any atom is -0.496 e. The van der Waals surface area contributed by atoms with E-state index in [2.05, 4.69) is 0 Å². The lowest BCUT2D eigenvalue weighted by molar-refractivity contribution is 0.275. The number of hydrogen-bond acceptors (Lipinski definition) is 4. The molecule has 3 nitrogen and oxygen atoms in total. The second-order valence-electron chi connectivity index (χ2n) is 3.27. The topological polar surface area (TPSA) is 55.5 Å². The number of rotatable bonds is 6. The highest BCUT2D eigenvalue weighted by atomic mass is 32.2. The van der Waals surface area contributed by atoms with Gasteiger partial charge in [0.05, 0.1) is 13.7 Å². The molecule has 0 bridgehead atoms. The van der Waals surface area contributed by atoms with Crippen LogP contribution in [0.1, 0.15) is 5.56 Å². The lowest BCUT2D eigenvalue weighted by Gasteiger charge is -2.09. The molecule has 0 aliphatic carbocycles. The van der Waals surface area contributed by atoms with Gasteiger partial charge in [0, 0.05) is 23.1 Å². The molecule has 3 N–H and O–H groups in total. The second-order valence-corrected chi connectivity index (χ2v) is 4.30. The van der Waals surface area contributed by atoms with E-state index in [0.29, 0.717) is 0 Å². The molecular weight excluding hydrogens is 210 g/mol. The second kappa shape index (κ2) is 6.71. The molecule has 0 aliphatic rings. The molecule has 0 aliphatic heterocycles. The van der Waals surface area contributed by atoms with Gasteiger partial charge in [0.2, 0.25) is 0 Å². The molecule has 1 rings (SSSR count). The quantitative estimate of drug-likeness (QED) is 0.768. The maximum absolute atomic E-state index is 8.77. The molecule has 15 heavy (non-hydrogen) atoms. The van der Waals surface area contributed by atoms with Gasteiger partial charge in [-0.15, -0.1) is 0 Å². The molecule has 0 amide bonds. The smallest absolute Gasteiger partial charge is 0.122 e. The van der Waals surface area contributed by atoms with Gasteiger partial charge in [-0.3, -0.25) is 0 Å². The van der Waals surface area contributed by atoms with Gasteiger partial charge in [0.1, 0.15) is 5.75 Å². The molecule has 0 unspecified atom stereocenters. The van der Waals surface area contributed by atoms with Crippen molar-refractivity contribution >= 4 is 11.8 Å². The van der Waals surface area contributed by atoms with Crippen molar-refractivity contribution in [3.8, 4) is 5.75 Å². The Morgan fingerprint density at radius 2 is 2.20 bits per heavy atom. The molecule has 84 valence electrons. The Morgan fingerprint density at radius 3 is 2.87 bits per heavy atom. The van der Waals surface area contributed by atoms with Crippen LogP contribution in [0.25, 0.3) is 0 Å². The minimum atomic E-state index is -0.135. The van der Waals surface area contributed by atoms with Gasteiger partial charge >= 0.3 is 0 Å². The number of aliphatic hydroxyl groups is 1. The van der Waals surface area contributed by atoms with Crippen LogP contribution >= 0.6 is 11.8 Å². The summed E-state index contributed by atoms with van der Waals surface area (Å²) >= 11 is 1.70. The molecule has 1 aromatic carbocycles. The van der Waals surface area contributed by atoms with Crippen LogP contribution in [0, 0.1) is 0 Å². The van der Waals surface area contributed by atoms with Gasteiger partial charge in [-0.2, -0.15) is 11.8 Å². The summed E-state index contributed by atoms with van der Waals surface area (Å²) in [5.74, 6) is 2.52. The van der Waals surface area contributed by atoms with E-state index < -0.39 is 0 Å². The maximum atomic E-state index is 8.77. The average Bonchev–Trinajstić information content (AvgIpc) is 2.29. The summed E-state index contributed by atoms with van der Waals surface area (Å²) in [7, 11) is 1.67. The highest BCUT2D eigenvalue weighted by molar-refractivity contribution is 7.98. The fourth-order valence-corrected chi connectivity index (χ4v) is 2.18. The van der Waals surface area contributed by atoms with Crippen LogP contribution in [-0.4, -0.2) is 30.6 Å². The van der Waals surface area contributed by atoms with E-state index in [4.69, 9.17) is 15.6 Å². The van der Waals surface area contributed by atoms with Crippen LogP contribution in [0.2, 0.25) is 0 Å². The van der Waals surface area contributed by atoms with Crippen molar-refractivity contribution in [2.75, 3.05) is 19.5 Å². The van der Waals surface area contributed by atoms with Crippen molar-refractivity contribution in [1.82, 2.24) is 0 Å². The lowest BCUT2D eigenvalue weighted by Crippen LogP contribution is -2.26. The standard InChI is InChI=1S/C11H17NO2S/c1-14-11-5-3-2-4-9(11)7-15-8-10(12)6-13/h2-5,10,13H,6-8,12H2,1H3/t10-/m1/s1. The van der Waals surface area contributed by atoms with E-state index in [9.17, 15) is 0 Å². The average molecular weight is 227 g/mol. The molecule has 0 radical (unpaired) electrons. The van der Waals surface area contributed by atoms with E-state index >= 15 is 0 Å². The first kappa shape index (κ1) is 12.4. The van der Waals surface area contributed by atoms with Crippen LogP contribution in [0.4, 0.5) is 0 Å². The van der Waals surface area contributed by atoms with Crippen molar-refractivity contribution in [2.45, 2.75) is 11.8 Å². The zero-order chi connectivity index (χ0) is 11.1. The fraction of sp³-hybridized carbons (Fsp3) is 0.455. The zero-order valence-corrected chi connectivity index (χ0v) is 9.67. The Bertz CT molecular complexity index is 294. The largest absolute Gasteiger partial charge is 0.496 e. The van der Waals surface area contributed by atoms with Crippen molar-refractivity contribution in [3.05, 3.63) is 29.8 Å². The molecule has 0 heterocycles. The summed E-state index contributed by atoms with van der Waals surface area (Å²) in [6.07, 6.45) is 0. The molecule has 1 aromatic rings. The Morgan fingerprint density at radius 1 is 1.47 bits per heavy atom. The van der Waals surface area contributed by atoms with Gasteiger partial charge in [0.15, 0.2) is 0 Å². The highest BCUT2D eigenvalue weighted by Crippen LogP contribution is 2.22. The van der Waals surface area contributed by atoms with E-state index in [1.54, 1.807) is 18.9 Å². The Labute approximate surface area is 94.6 Å². The number of thioether (sulfide) groups is 1. The third-order valence-electron chi connectivity index (χ3n) is 2.02. The normalized spacial score (nSPS) is 12.5. The van der Waals surface area contributed by atoms with Crippen LogP contribution in [-0.2, 0) is 5.75 Å². The fourth-order valence-electron chi connectivity index (χ4n) is 1.20. The number of aliphatic hydroxyl groups excluding tert-OH is 1. The first-order chi connectivity index (χ1) is 7.27. The van der Waals surface area contributed by atoms with Gasteiger partial charge in [-0.25, -0.2) is 0 Å². The summed E-state index contributed by atoms with van der Waals surface area (Å²) in [5.41, 5.74) is 6.77. The number of para-hydroxylation sites is 1. The summed E-state index contributed by atoms with van der Waals surface area (Å²) in [6.45, 7) is 0.0406. The zero-order valence-electron chi connectivity index (χ0n) is 8.85. The van der Waals surface area contributed by atoms with Gasteiger partial charge in [-0.1, -0.05) is 18.2 Å². The van der Waals surface area contributed by atoms with Crippen molar-refractivity contribution < 1.29 is 9.84 Å². The van der Waals surface area contributed by atoms with Crippen LogP contribution in [0.3, 0.4) is 0 Å². The number of hydrogen-bond donors (Lipinski definition) is 2. The molecule has 0 spiro atoms. The van der Waals surface area contributed by atoms with Gasteiger partial charge in [0.25, 0.3) is 0 Å². The summed E-state index contributed by atoms with van der Waals surface area (Å²) in [6, 6.07) is 7.79. The predicted molar refractivity (Wildman–Crippen MR) is 64.2 cm³/mol. The molecule has 4 heteroatoms. The molecule has 0 saturated heterocycles. The van der Waals surface area contributed by atoms with Crippen molar-refractivity contribution in [1.29, 1.82) is 0 Å². The third-order valence-corrected chi connectivity index (χ3v) is 3.20. The van der Waals surface area contributed by atoms with Gasteiger partial charge < -0.3 is 15.6 Å². The summed E-state index contributed by atoms with van der Waals surface area (Å²) in [4.78, 5) is 0. The molecule has 0 aromatic heterocycles. The predicted octanol–water partition coefficient (Wildman–Crippen LogP) is 1.25. The number of ether oxygens (including phenoxy) is 1. The first-order valence-electron chi connectivity index (χ1n) is 4.84. The van der Waals surface area contributed by atoms with E-state index in [1.807, 2.05) is 24.3 Å². The van der Waals surface area contributed by atoms with Crippen LogP contribution < -0.4 is 10.5 Å². The van der Waals surface area contributed by atoms with Crippen LogP contribution in [0.15, 0.2) is 24.3 Å². The number of methoxy groups -OCH3 is 1. The molecule has 1 atom stereocenters. The molecular formula is C11H17NO2S. The first-order valence-corrected chi connectivity index (χ1v) is 5.99. The monoisotopic (exact) mass is 227 g/mol. The van der Waals surface area contributed by atoms with Gasteiger partial charge in [-0.05, 0) is 6.07 Å². The SMILES string of the molecule is COc1ccccc1CSC[C@H](N)CO. The number of benzene rings is 1. The van der Waals surface area contributed by atoms with E-state index in [1.165, 1.54) is 0 Å². The minimum absolute atomic E-state index is 0.0406. The third kappa shape index (κ3) is 4.11. The lowest BCUT2D eigenvalue weighted by atomic mass is 10.2. The Kier molecular flexibility index (Phi) is 5.53. The van der Waals surface area contributed by atoms with E-state index in [-0.39, 0.29) is 12.6 Å². The van der Waals surface area contributed by atoms with E-state index in [0.717, 1.165) is 22.8 Å². The Balaban J connectivity index is 2.43.